The molecular weight excluding hydrogens is 354 g/mol. The Morgan fingerprint density at radius 2 is 1.86 bits per heavy atom. The summed E-state index contributed by atoms with van der Waals surface area (Å²) in [7, 11) is 0. The molecule has 2 fully saturated rings. The number of rotatable bonds is 5. The quantitative estimate of drug-likeness (QED) is 0.830. The van der Waals surface area contributed by atoms with Gasteiger partial charge in [0.15, 0.2) is 0 Å². The van der Waals surface area contributed by atoms with Crippen LogP contribution in [0.25, 0.3) is 10.9 Å². The van der Waals surface area contributed by atoms with Crippen LogP contribution in [0.1, 0.15) is 34.5 Å². The van der Waals surface area contributed by atoms with Crippen LogP contribution in [0.3, 0.4) is 0 Å². The first-order valence-corrected chi connectivity index (χ1v) is 10.3. The van der Waals surface area contributed by atoms with Crippen molar-refractivity contribution in [1.82, 2.24) is 15.2 Å². The van der Waals surface area contributed by atoms with E-state index >= 15 is 0 Å². The normalized spacial score (nSPS) is 20.4. The molecule has 2 aliphatic rings. The van der Waals surface area contributed by atoms with E-state index in [2.05, 4.69) is 29.0 Å². The molecule has 2 N–H and O–H groups in total. The van der Waals surface area contributed by atoms with Gasteiger partial charge in [0, 0.05) is 67.0 Å². The standard InChI is InChI=1S/C22H31N3O3/c1-16-17(2)24-20-4-3-18(13-19(16)20)21(26)23-14-22(5-9-27-10-6-22)15-25-7-11-28-12-8-25/h3-4,13,24H,5-12,14-15H2,1-2H3,(H,23,26). The van der Waals surface area contributed by atoms with Crippen LogP contribution in [0, 0.1) is 19.3 Å². The summed E-state index contributed by atoms with van der Waals surface area (Å²) in [6.07, 6.45) is 1.97. The van der Waals surface area contributed by atoms with Crippen LogP contribution in [0.5, 0.6) is 0 Å². The third-order valence-electron chi connectivity index (χ3n) is 6.41. The van der Waals surface area contributed by atoms with E-state index in [0.717, 1.165) is 81.1 Å². The Hall–Kier alpha value is -1.89. The number of H-pyrrole nitrogens is 1. The summed E-state index contributed by atoms with van der Waals surface area (Å²) in [5.41, 5.74) is 4.25. The van der Waals surface area contributed by atoms with E-state index in [9.17, 15) is 4.79 Å². The molecule has 6 heteroatoms. The molecule has 152 valence electrons. The van der Waals surface area contributed by atoms with Crippen molar-refractivity contribution < 1.29 is 14.3 Å². The first-order chi connectivity index (χ1) is 13.6. The maximum Gasteiger partial charge on any atom is 0.251 e. The van der Waals surface area contributed by atoms with Gasteiger partial charge in [0.25, 0.3) is 5.91 Å². The van der Waals surface area contributed by atoms with Gasteiger partial charge in [0.2, 0.25) is 0 Å². The van der Waals surface area contributed by atoms with Gasteiger partial charge in [-0.2, -0.15) is 0 Å². The molecule has 1 amide bonds. The van der Waals surface area contributed by atoms with Crippen molar-refractivity contribution in [1.29, 1.82) is 0 Å². The molecule has 2 aliphatic heterocycles. The van der Waals surface area contributed by atoms with Crippen LogP contribution in [-0.4, -0.2) is 68.4 Å². The van der Waals surface area contributed by atoms with Gasteiger partial charge in [0.1, 0.15) is 0 Å². The molecule has 0 spiro atoms. The zero-order chi connectivity index (χ0) is 19.6. The molecule has 4 rings (SSSR count). The number of carbonyl (C=O) groups is 1. The fourth-order valence-electron chi connectivity index (χ4n) is 4.40. The van der Waals surface area contributed by atoms with Crippen molar-refractivity contribution in [3.63, 3.8) is 0 Å². The van der Waals surface area contributed by atoms with Crippen LogP contribution >= 0.6 is 0 Å². The first-order valence-electron chi connectivity index (χ1n) is 10.3. The van der Waals surface area contributed by atoms with Crippen LogP contribution in [-0.2, 0) is 9.47 Å². The van der Waals surface area contributed by atoms with Gasteiger partial charge in [0.05, 0.1) is 13.2 Å². The lowest BCUT2D eigenvalue weighted by Crippen LogP contribution is -2.50. The number of morpholine rings is 1. The molecule has 0 bridgehead atoms. The minimum Gasteiger partial charge on any atom is -0.381 e. The lowest BCUT2D eigenvalue weighted by atomic mass is 9.79. The fourth-order valence-corrected chi connectivity index (χ4v) is 4.40. The Bertz CT molecular complexity index is 833. The first kappa shape index (κ1) is 19.4. The predicted octanol–water partition coefficient (Wildman–Crippen LogP) is 2.64. The fraction of sp³-hybridized carbons (Fsp3) is 0.591. The van der Waals surface area contributed by atoms with Crippen LogP contribution < -0.4 is 5.32 Å². The van der Waals surface area contributed by atoms with Gasteiger partial charge in [-0.3, -0.25) is 9.69 Å². The lowest BCUT2D eigenvalue weighted by Gasteiger charge is -2.42. The average Bonchev–Trinajstić information content (AvgIpc) is 3.01. The Morgan fingerprint density at radius 1 is 1.14 bits per heavy atom. The monoisotopic (exact) mass is 385 g/mol. The maximum atomic E-state index is 12.9. The number of benzene rings is 1. The number of nitrogens with one attached hydrogen (secondary N) is 2. The van der Waals surface area contributed by atoms with E-state index in [1.54, 1.807) is 0 Å². The molecule has 1 aromatic carbocycles. The summed E-state index contributed by atoms with van der Waals surface area (Å²) in [6, 6.07) is 5.91. The second kappa shape index (κ2) is 8.23. The highest BCUT2D eigenvalue weighted by molar-refractivity contribution is 5.99. The maximum absolute atomic E-state index is 12.9. The lowest BCUT2D eigenvalue weighted by molar-refractivity contribution is -0.0283. The molecule has 3 heterocycles. The Balaban J connectivity index is 1.45. The number of aryl methyl sites for hydroxylation is 2. The topological polar surface area (TPSA) is 66.6 Å². The van der Waals surface area contributed by atoms with E-state index < -0.39 is 0 Å². The number of carbonyl (C=O) groups excluding carboxylic acids is 1. The van der Waals surface area contributed by atoms with Crippen molar-refractivity contribution in [3.05, 3.63) is 35.0 Å². The van der Waals surface area contributed by atoms with Gasteiger partial charge >= 0.3 is 0 Å². The van der Waals surface area contributed by atoms with Gasteiger partial charge in [-0.1, -0.05) is 0 Å². The van der Waals surface area contributed by atoms with Crippen LogP contribution in [0.4, 0.5) is 0 Å². The van der Waals surface area contributed by atoms with Gasteiger partial charge in [-0.05, 0) is 50.5 Å². The highest BCUT2D eigenvalue weighted by Crippen LogP contribution is 2.31. The smallest absolute Gasteiger partial charge is 0.251 e. The van der Waals surface area contributed by atoms with Gasteiger partial charge in [-0.15, -0.1) is 0 Å². The number of hydrogen-bond donors (Lipinski definition) is 2. The summed E-state index contributed by atoms with van der Waals surface area (Å²) in [6.45, 7) is 10.9. The van der Waals surface area contributed by atoms with E-state index in [-0.39, 0.29) is 11.3 Å². The zero-order valence-corrected chi connectivity index (χ0v) is 17.0. The number of aromatic amines is 1. The minimum absolute atomic E-state index is 0.00740. The van der Waals surface area contributed by atoms with Crippen LogP contribution in [0.2, 0.25) is 0 Å². The zero-order valence-electron chi connectivity index (χ0n) is 17.0. The average molecular weight is 386 g/mol. The molecule has 2 aromatic rings. The number of ether oxygens (including phenoxy) is 2. The molecule has 6 nitrogen and oxygen atoms in total. The summed E-state index contributed by atoms with van der Waals surface area (Å²) in [5, 5.41) is 4.35. The molecule has 0 saturated carbocycles. The van der Waals surface area contributed by atoms with Crippen molar-refractivity contribution in [2.45, 2.75) is 26.7 Å². The third-order valence-corrected chi connectivity index (χ3v) is 6.41. The summed E-state index contributed by atoms with van der Waals surface area (Å²) in [4.78, 5) is 18.7. The molecule has 0 aliphatic carbocycles. The van der Waals surface area contributed by atoms with E-state index in [4.69, 9.17) is 9.47 Å². The predicted molar refractivity (Wildman–Crippen MR) is 110 cm³/mol. The van der Waals surface area contributed by atoms with E-state index in [1.807, 2.05) is 18.2 Å². The molecule has 1 aromatic heterocycles. The number of nitrogens with zero attached hydrogens (tertiary/aromatic N) is 1. The second-order valence-electron chi connectivity index (χ2n) is 8.32. The number of amides is 1. The number of aromatic nitrogens is 1. The third kappa shape index (κ3) is 4.09. The van der Waals surface area contributed by atoms with Crippen LogP contribution in [0.15, 0.2) is 18.2 Å². The van der Waals surface area contributed by atoms with Crippen molar-refractivity contribution in [3.8, 4) is 0 Å². The Kier molecular flexibility index (Phi) is 5.71. The molecule has 0 unspecified atom stereocenters. The van der Waals surface area contributed by atoms with E-state index in [0.29, 0.717) is 6.54 Å². The molecule has 0 atom stereocenters. The Morgan fingerprint density at radius 3 is 2.61 bits per heavy atom. The molecule has 28 heavy (non-hydrogen) atoms. The van der Waals surface area contributed by atoms with Crippen molar-refractivity contribution >= 4 is 16.8 Å². The molecule has 0 radical (unpaired) electrons. The largest absolute Gasteiger partial charge is 0.381 e. The Labute approximate surface area is 166 Å². The van der Waals surface area contributed by atoms with Gasteiger partial charge in [-0.25, -0.2) is 0 Å². The van der Waals surface area contributed by atoms with Crippen molar-refractivity contribution in [2.75, 3.05) is 52.6 Å². The molecule has 2 saturated heterocycles. The SMILES string of the molecule is Cc1[nH]c2ccc(C(=O)NCC3(CN4CCOCC4)CCOCC3)cc2c1C. The summed E-state index contributed by atoms with van der Waals surface area (Å²) >= 11 is 0. The number of fused-ring (bicyclic) bond motifs is 1. The van der Waals surface area contributed by atoms with Crippen molar-refractivity contribution in [2.24, 2.45) is 5.41 Å². The summed E-state index contributed by atoms with van der Waals surface area (Å²) < 4.78 is 11.1. The highest BCUT2D eigenvalue weighted by Gasteiger charge is 2.35. The second-order valence-corrected chi connectivity index (χ2v) is 8.32. The summed E-state index contributed by atoms with van der Waals surface area (Å²) in [5.74, 6) is 0.00740. The minimum atomic E-state index is 0.00740. The van der Waals surface area contributed by atoms with Gasteiger partial charge < -0.3 is 19.8 Å². The number of hydrogen-bond acceptors (Lipinski definition) is 4. The molecular formula is C22H31N3O3. The highest BCUT2D eigenvalue weighted by atomic mass is 16.5. The van der Waals surface area contributed by atoms with E-state index in [1.165, 1.54) is 5.56 Å².